The summed E-state index contributed by atoms with van der Waals surface area (Å²) < 4.78 is 0. The molecule has 0 spiro atoms. The summed E-state index contributed by atoms with van der Waals surface area (Å²) in [5, 5.41) is 12.9. The molecule has 1 amide bonds. The van der Waals surface area contributed by atoms with Crippen LogP contribution in [0.2, 0.25) is 0 Å². The Hall–Kier alpha value is -2.68. The highest BCUT2D eigenvalue weighted by Crippen LogP contribution is 2.22. The molecule has 1 aliphatic heterocycles. The van der Waals surface area contributed by atoms with E-state index in [1.165, 1.54) is 11.1 Å². The molecule has 2 atom stereocenters. The van der Waals surface area contributed by atoms with E-state index in [0.717, 1.165) is 32.2 Å². The van der Waals surface area contributed by atoms with Crippen LogP contribution >= 0.6 is 0 Å². The maximum atomic E-state index is 12.7. The average Bonchev–Trinajstić information content (AvgIpc) is 2.79. The number of carbonyl (C=O) groups excluding carboxylic acids is 1. The first-order valence-corrected chi connectivity index (χ1v) is 10.5. The van der Waals surface area contributed by atoms with Gasteiger partial charge in [-0.25, -0.2) is 0 Å². The van der Waals surface area contributed by atoms with E-state index in [-0.39, 0.29) is 18.0 Å². The van der Waals surface area contributed by atoms with Crippen molar-refractivity contribution in [1.82, 2.24) is 10.2 Å². The first-order chi connectivity index (χ1) is 14.2. The standard InChI is InChI=1S/C24H30N4O/c25-18-21-14-7-8-17-28(21)24(29)22(26)15-9-16-27-23(19-10-3-1-4-11-19)20-12-5-2-6-13-20/h1-6,10-13,21-23,27H,7-9,14-17,26H2. The molecule has 5 heteroatoms. The molecule has 0 aliphatic carbocycles. The molecule has 1 fully saturated rings. The van der Waals surface area contributed by atoms with Gasteiger partial charge in [0.1, 0.15) is 6.04 Å². The predicted molar refractivity (Wildman–Crippen MR) is 115 cm³/mol. The van der Waals surface area contributed by atoms with Gasteiger partial charge < -0.3 is 16.0 Å². The van der Waals surface area contributed by atoms with Crippen LogP contribution in [0.15, 0.2) is 60.7 Å². The Bertz CT molecular complexity index is 763. The number of hydrogen-bond acceptors (Lipinski definition) is 4. The second-order valence-corrected chi connectivity index (χ2v) is 7.63. The van der Waals surface area contributed by atoms with Crippen LogP contribution in [0, 0.1) is 11.3 Å². The molecular formula is C24H30N4O. The molecule has 29 heavy (non-hydrogen) atoms. The molecule has 1 heterocycles. The Morgan fingerprint density at radius 3 is 2.31 bits per heavy atom. The van der Waals surface area contributed by atoms with E-state index < -0.39 is 6.04 Å². The molecule has 3 rings (SSSR count). The number of rotatable bonds is 8. The quantitative estimate of drug-likeness (QED) is 0.677. The first kappa shape index (κ1) is 21.0. The normalized spacial score (nSPS) is 17.7. The third kappa shape index (κ3) is 5.66. The Balaban J connectivity index is 1.53. The molecule has 2 aromatic rings. The van der Waals surface area contributed by atoms with Gasteiger partial charge in [0.15, 0.2) is 0 Å². The second kappa shape index (κ2) is 10.8. The molecule has 2 aromatic carbocycles. The van der Waals surface area contributed by atoms with Gasteiger partial charge in [-0.05, 0) is 49.8 Å². The summed E-state index contributed by atoms with van der Waals surface area (Å²) in [6, 6.07) is 22.2. The Morgan fingerprint density at radius 1 is 1.10 bits per heavy atom. The smallest absolute Gasteiger partial charge is 0.240 e. The molecule has 0 aromatic heterocycles. The number of nitrogens with zero attached hydrogens (tertiary/aromatic N) is 2. The van der Waals surface area contributed by atoms with Crippen molar-refractivity contribution in [2.75, 3.05) is 13.1 Å². The second-order valence-electron chi connectivity index (χ2n) is 7.63. The maximum absolute atomic E-state index is 12.7. The lowest BCUT2D eigenvalue weighted by Gasteiger charge is -2.33. The number of nitriles is 1. The van der Waals surface area contributed by atoms with Crippen LogP contribution in [0.1, 0.15) is 49.3 Å². The number of nitrogens with two attached hydrogens (primary N) is 1. The molecule has 0 bridgehead atoms. The fourth-order valence-corrected chi connectivity index (χ4v) is 3.95. The molecule has 2 unspecified atom stereocenters. The van der Waals surface area contributed by atoms with Crippen molar-refractivity contribution in [3.8, 4) is 6.07 Å². The maximum Gasteiger partial charge on any atom is 0.240 e. The molecule has 3 N–H and O–H groups in total. The minimum Gasteiger partial charge on any atom is -0.325 e. The van der Waals surface area contributed by atoms with Gasteiger partial charge in [0.2, 0.25) is 5.91 Å². The van der Waals surface area contributed by atoms with E-state index in [1.807, 2.05) is 36.4 Å². The monoisotopic (exact) mass is 390 g/mol. The molecule has 1 saturated heterocycles. The number of amides is 1. The van der Waals surface area contributed by atoms with E-state index in [1.54, 1.807) is 4.90 Å². The fraction of sp³-hybridized carbons (Fsp3) is 0.417. The third-order valence-electron chi connectivity index (χ3n) is 5.56. The van der Waals surface area contributed by atoms with E-state index >= 15 is 0 Å². The van der Waals surface area contributed by atoms with Gasteiger partial charge in [0.05, 0.1) is 18.2 Å². The van der Waals surface area contributed by atoms with Crippen molar-refractivity contribution >= 4 is 5.91 Å². The first-order valence-electron chi connectivity index (χ1n) is 10.5. The SMILES string of the molecule is N#CC1CCCCN1C(=O)C(N)CCCNC(c1ccccc1)c1ccccc1. The number of carbonyl (C=O) groups is 1. The van der Waals surface area contributed by atoms with Crippen LogP contribution in [-0.2, 0) is 4.79 Å². The van der Waals surface area contributed by atoms with E-state index in [9.17, 15) is 10.1 Å². The highest BCUT2D eigenvalue weighted by Gasteiger charge is 2.29. The van der Waals surface area contributed by atoms with Gasteiger partial charge in [-0.2, -0.15) is 5.26 Å². The van der Waals surface area contributed by atoms with Crippen LogP contribution < -0.4 is 11.1 Å². The Labute approximate surface area is 173 Å². The van der Waals surface area contributed by atoms with Crippen molar-refractivity contribution in [1.29, 1.82) is 5.26 Å². The van der Waals surface area contributed by atoms with Crippen LogP contribution in [0.5, 0.6) is 0 Å². The van der Waals surface area contributed by atoms with E-state index in [4.69, 9.17) is 5.73 Å². The summed E-state index contributed by atoms with van der Waals surface area (Å²) in [5.74, 6) is -0.0843. The number of likely N-dealkylation sites (tertiary alicyclic amines) is 1. The molecule has 0 saturated carbocycles. The Kier molecular flexibility index (Phi) is 7.80. The minimum absolute atomic E-state index is 0.0843. The molecule has 5 nitrogen and oxygen atoms in total. The summed E-state index contributed by atoms with van der Waals surface area (Å²) in [5.41, 5.74) is 8.60. The summed E-state index contributed by atoms with van der Waals surface area (Å²) in [6.07, 6.45) is 4.12. The number of benzene rings is 2. The zero-order valence-corrected chi connectivity index (χ0v) is 16.8. The topological polar surface area (TPSA) is 82.2 Å². The Morgan fingerprint density at radius 2 is 1.72 bits per heavy atom. The van der Waals surface area contributed by atoms with Crippen molar-refractivity contribution in [2.24, 2.45) is 5.73 Å². The largest absolute Gasteiger partial charge is 0.325 e. The molecule has 1 aliphatic rings. The van der Waals surface area contributed by atoms with Crippen LogP contribution in [-0.4, -0.2) is 36.0 Å². The van der Waals surface area contributed by atoms with Crippen molar-refractivity contribution in [2.45, 2.75) is 50.2 Å². The van der Waals surface area contributed by atoms with Crippen LogP contribution in [0.25, 0.3) is 0 Å². The number of nitrogens with one attached hydrogen (secondary N) is 1. The van der Waals surface area contributed by atoms with E-state index in [0.29, 0.717) is 13.0 Å². The van der Waals surface area contributed by atoms with Crippen LogP contribution in [0.3, 0.4) is 0 Å². The average molecular weight is 391 g/mol. The van der Waals surface area contributed by atoms with Gasteiger partial charge in [-0.15, -0.1) is 0 Å². The lowest BCUT2D eigenvalue weighted by atomic mass is 9.98. The fourth-order valence-electron chi connectivity index (χ4n) is 3.95. The molecule has 152 valence electrons. The van der Waals surface area contributed by atoms with Crippen molar-refractivity contribution in [3.05, 3.63) is 71.8 Å². The van der Waals surface area contributed by atoms with Gasteiger partial charge in [0.25, 0.3) is 0 Å². The molecule has 0 radical (unpaired) electrons. The van der Waals surface area contributed by atoms with Gasteiger partial charge >= 0.3 is 0 Å². The minimum atomic E-state index is -0.544. The zero-order chi connectivity index (χ0) is 20.5. The van der Waals surface area contributed by atoms with E-state index in [2.05, 4.69) is 35.7 Å². The van der Waals surface area contributed by atoms with Gasteiger partial charge in [-0.3, -0.25) is 4.79 Å². The number of hydrogen-bond donors (Lipinski definition) is 2. The number of piperidine rings is 1. The predicted octanol–water partition coefficient (Wildman–Crippen LogP) is 3.38. The summed E-state index contributed by atoms with van der Waals surface area (Å²) in [6.45, 7) is 1.41. The lowest BCUT2D eigenvalue weighted by molar-refractivity contribution is -0.135. The third-order valence-corrected chi connectivity index (χ3v) is 5.56. The van der Waals surface area contributed by atoms with Gasteiger partial charge in [0, 0.05) is 6.54 Å². The summed E-state index contributed by atoms with van der Waals surface area (Å²) in [7, 11) is 0. The highest BCUT2D eigenvalue weighted by atomic mass is 16.2. The molecular weight excluding hydrogens is 360 g/mol. The van der Waals surface area contributed by atoms with Crippen molar-refractivity contribution in [3.63, 3.8) is 0 Å². The lowest BCUT2D eigenvalue weighted by Crippen LogP contribution is -2.50. The van der Waals surface area contributed by atoms with Crippen LogP contribution in [0.4, 0.5) is 0 Å². The van der Waals surface area contributed by atoms with Crippen molar-refractivity contribution < 1.29 is 4.79 Å². The highest BCUT2D eigenvalue weighted by molar-refractivity contribution is 5.82. The zero-order valence-electron chi connectivity index (χ0n) is 16.8. The van der Waals surface area contributed by atoms with Gasteiger partial charge in [-0.1, -0.05) is 60.7 Å². The summed E-state index contributed by atoms with van der Waals surface area (Å²) >= 11 is 0. The summed E-state index contributed by atoms with van der Waals surface area (Å²) in [4.78, 5) is 14.3.